The molecule has 0 spiro atoms. The zero-order valence-electron chi connectivity index (χ0n) is 21.2. The number of H-pyrrole nitrogens is 1. The van der Waals surface area contributed by atoms with E-state index in [0.29, 0.717) is 23.1 Å². The zero-order chi connectivity index (χ0) is 25.7. The summed E-state index contributed by atoms with van der Waals surface area (Å²) in [4.78, 5) is 11.2. The molecule has 0 radical (unpaired) electrons. The Labute approximate surface area is 212 Å². The maximum atomic E-state index is 13.8. The van der Waals surface area contributed by atoms with Gasteiger partial charge in [0, 0.05) is 29.3 Å². The number of sulfonamides is 1. The summed E-state index contributed by atoms with van der Waals surface area (Å²) in [5, 5.41) is 13.5. The van der Waals surface area contributed by atoms with Crippen LogP contribution in [-0.4, -0.2) is 64.0 Å². The van der Waals surface area contributed by atoms with Gasteiger partial charge in [0.05, 0.1) is 17.1 Å². The molecule has 1 fully saturated rings. The van der Waals surface area contributed by atoms with Crippen molar-refractivity contribution in [2.45, 2.75) is 51.1 Å². The molecule has 2 aromatic heterocycles. The van der Waals surface area contributed by atoms with Gasteiger partial charge < -0.3 is 15.5 Å². The van der Waals surface area contributed by atoms with Crippen LogP contribution in [0.2, 0.25) is 0 Å². The Hall–Kier alpha value is -3.28. The lowest BCUT2D eigenvalue weighted by Gasteiger charge is -2.36. The van der Waals surface area contributed by atoms with Crippen LogP contribution in [0.1, 0.15) is 38.1 Å². The molecule has 192 valence electrons. The Morgan fingerprint density at radius 2 is 1.94 bits per heavy atom. The molecule has 11 heteroatoms. The molecule has 0 amide bonds. The van der Waals surface area contributed by atoms with Gasteiger partial charge in [-0.1, -0.05) is 6.08 Å². The number of nitrogens with one attached hydrogen (secondary N) is 3. The minimum Gasteiger partial charge on any atom is -0.344 e. The van der Waals surface area contributed by atoms with Gasteiger partial charge in [0.2, 0.25) is 16.0 Å². The fourth-order valence-electron chi connectivity index (χ4n) is 4.15. The van der Waals surface area contributed by atoms with Crippen LogP contribution in [0.3, 0.4) is 0 Å². The first-order valence-electron chi connectivity index (χ1n) is 12.1. The van der Waals surface area contributed by atoms with Crippen molar-refractivity contribution in [2.75, 3.05) is 30.8 Å². The van der Waals surface area contributed by atoms with Gasteiger partial charge in [-0.2, -0.15) is 14.4 Å². The second kappa shape index (κ2) is 11.2. The van der Waals surface area contributed by atoms with Crippen molar-refractivity contribution in [3.05, 3.63) is 65.8 Å². The van der Waals surface area contributed by atoms with Gasteiger partial charge in [-0.05, 0) is 90.1 Å². The number of piperidine rings is 1. The molecule has 0 aliphatic carbocycles. The Morgan fingerprint density at radius 3 is 2.58 bits per heavy atom. The molecular formula is C25H34N8O2S. The highest BCUT2D eigenvalue weighted by Crippen LogP contribution is 2.27. The average Bonchev–Trinajstić information content (AvgIpc) is 3.28. The number of anilines is 3. The number of likely N-dealkylation sites (tertiary alicyclic amines) is 1. The second-order valence-electron chi connectivity index (χ2n) is 9.14. The minimum absolute atomic E-state index is 0.0784. The lowest BCUT2D eigenvalue weighted by atomic mass is 10.1. The fraction of sp³-hybridized carbons (Fsp3) is 0.400. The van der Waals surface area contributed by atoms with Crippen LogP contribution >= 0.6 is 0 Å². The first kappa shape index (κ1) is 25.8. The lowest BCUT2D eigenvalue weighted by Crippen LogP contribution is -2.46. The van der Waals surface area contributed by atoms with Crippen molar-refractivity contribution in [3.8, 4) is 0 Å². The number of benzene rings is 1. The third-order valence-electron chi connectivity index (χ3n) is 6.30. The maximum absolute atomic E-state index is 13.8. The molecule has 3 aromatic rings. The van der Waals surface area contributed by atoms with Crippen molar-refractivity contribution in [3.63, 3.8) is 0 Å². The van der Waals surface area contributed by atoms with Crippen molar-refractivity contribution in [1.82, 2.24) is 29.4 Å². The van der Waals surface area contributed by atoms with Crippen LogP contribution in [0.5, 0.6) is 0 Å². The van der Waals surface area contributed by atoms with Crippen LogP contribution in [0.4, 0.5) is 17.5 Å². The van der Waals surface area contributed by atoms with Crippen molar-refractivity contribution in [2.24, 2.45) is 0 Å². The van der Waals surface area contributed by atoms with Gasteiger partial charge in [0.1, 0.15) is 5.82 Å². The van der Waals surface area contributed by atoms with Gasteiger partial charge in [-0.25, -0.2) is 13.4 Å². The number of rotatable bonds is 9. The number of hydrogen-bond acceptors (Lipinski definition) is 8. The van der Waals surface area contributed by atoms with E-state index in [0.717, 1.165) is 37.3 Å². The summed E-state index contributed by atoms with van der Waals surface area (Å²) < 4.78 is 29.2. The molecule has 3 heterocycles. The van der Waals surface area contributed by atoms with E-state index in [1.165, 1.54) is 0 Å². The number of nitrogens with zero attached hydrogens (tertiary/aromatic N) is 5. The third-order valence-corrected chi connectivity index (χ3v) is 8.22. The fourth-order valence-corrected chi connectivity index (χ4v) is 5.80. The van der Waals surface area contributed by atoms with E-state index >= 15 is 0 Å². The summed E-state index contributed by atoms with van der Waals surface area (Å²) in [7, 11) is -1.67. The standard InChI is InChI=1S/C25H34N8O2S/c1-5-18(2)27-24-10-13-26-25(29-24)28-20-6-8-23(9-7-20)36(34,35)33(17-21-16-19(3)30-31-21)22-11-14-32(4)15-12-22/h5-10,13,16,22H,11-12,14-15,17H2,1-4H3,(H,30,31)(H2,26,27,28,29)/b18-5+. The highest BCUT2D eigenvalue weighted by atomic mass is 32.2. The lowest BCUT2D eigenvalue weighted by molar-refractivity contribution is 0.178. The predicted molar refractivity (Wildman–Crippen MR) is 141 cm³/mol. The van der Waals surface area contributed by atoms with Crippen LogP contribution in [0.15, 0.2) is 59.3 Å². The molecule has 1 aromatic carbocycles. The summed E-state index contributed by atoms with van der Waals surface area (Å²) in [6.45, 7) is 7.77. The Bertz CT molecular complexity index is 1300. The molecule has 3 N–H and O–H groups in total. The summed E-state index contributed by atoms with van der Waals surface area (Å²) in [5.74, 6) is 1.09. The molecule has 0 bridgehead atoms. The summed E-state index contributed by atoms with van der Waals surface area (Å²) in [5.41, 5.74) is 3.30. The summed E-state index contributed by atoms with van der Waals surface area (Å²) in [6.07, 6.45) is 5.19. The number of aryl methyl sites for hydroxylation is 1. The van der Waals surface area contributed by atoms with Crippen LogP contribution < -0.4 is 10.6 Å². The topological polar surface area (TPSA) is 119 Å². The molecule has 0 unspecified atom stereocenters. The van der Waals surface area contributed by atoms with Gasteiger partial charge in [-0.15, -0.1) is 0 Å². The first-order chi connectivity index (χ1) is 17.2. The number of aromatic amines is 1. The van der Waals surface area contributed by atoms with E-state index in [-0.39, 0.29) is 17.5 Å². The van der Waals surface area contributed by atoms with E-state index < -0.39 is 10.0 Å². The highest BCUT2D eigenvalue weighted by molar-refractivity contribution is 7.89. The third kappa shape index (κ3) is 6.28. The monoisotopic (exact) mass is 510 g/mol. The molecular weight excluding hydrogens is 476 g/mol. The molecule has 1 aliphatic heterocycles. The quantitative estimate of drug-likeness (QED) is 0.397. The van der Waals surface area contributed by atoms with Crippen LogP contribution in [-0.2, 0) is 16.6 Å². The van der Waals surface area contributed by atoms with E-state index in [9.17, 15) is 8.42 Å². The summed E-state index contributed by atoms with van der Waals surface area (Å²) >= 11 is 0. The number of allylic oxidation sites excluding steroid dienone is 2. The average molecular weight is 511 g/mol. The SMILES string of the molecule is C/C=C(\C)Nc1ccnc(Nc2ccc(S(=O)(=O)N(Cc3cc(C)[nH]n3)C3CCN(C)CC3)cc2)n1. The molecule has 1 saturated heterocycles. The van der Waals surface area contributed by atoms with E-state index in [4.69, 9.17) is 0 Å². The van der Waals surface area contributed by atoms with Crippen molar-refractivity contribution in [1.29, 1.82) is 0 Å². The van der Waals surface area contributed by atoms with Crippen molar-refractivity contribution >= 4 is 27.5 Å². The summed E-state index contributed by atoms with van der Waals surface area (Å²) in [6, 6.07) is 10.3. The minimum atomic E-state index is -3.73. The van der Waals surface area contributed by atoms with Gasteiger partial charge in [0.25, 0.3) is 0 Å². The van der Waals surface area contributed by atoms with E-state index in [1.54, 1.807) is 40.8 Å². The normalized spacial score (nSPS) is 15.9. The molecule has 36 heavy (non-hydrogen) atoms. The Morgan fingerprint density at radius 1 is 1.22 bits per heavy atom. The Kier molecular flexibility index (Phi) is 8.02. The molecule has 10 nitrogen and oxygen atoms in total. The Balaban J connectivity index is 1.53. The zero-order valence-corrected chi connectivity index (χ0v) is 22.0. The van der Waals surface area contributed by atoms with Crippen LogP contribution in [0, 0.1) is 6.92 Å². The van der Waals surface area contributed by atoms with E-state index in [2.05, 4.69) is 42.7 Å². The molecule has 1 aliphatic rings. The van der Waals surface area contributed by atoms with Gasteiger partial charge in [0.15, 0.2) is 0 Å². The molecule has 4 rings (SSSR count). The van der Waals surface area contributed by atoms with E-state index in [1.807, 2.05) is 32.9 Å². The maximum Gasteiger partial charge on any atom is 0.243 e. The van der Waals surface area contributed by atoms with Crippen molar-refractivity contribution < 1.29 is 8.42 Å². The molecule has 0 saturated carbocycles. The number of hydrogen-bond donors (Lipinski definition) is 3. The van der Waals surface area contributed by atoms with Gasteiger partial charge >= 0.3 is 0 Å². The predicted octanol–water partition coefficient (Wildman–Crippen LogP) is 3.87. The van der Waals surface area contributed by atoms with Crippen LogP contribution in [0.25, 0.3) is 0 Å². The smallest absolute Gasteiger partial charge is 0.243 e. The number of aromatic nitrogens is 4. The largest absolute Gasteiger partial charge is 0.344 e. The second-order valence-corrected chi connectivity index (χ2v) is 11.0. The highest BCUT2D eigenvalue weighted by Gasteiger charge is 2.34. The van der Waals surface area contributed by atoms with Gasteiger partial charge in [-0.3, -0.25) is 5.10 Å². The molecule has 0 atom stereocenters. The first-order valence-corrected chi connectivity index (χ1v) is 13.5.